The summed E-state index contributed by atoms with van der Waals surface area (Å²) in [6.45, 7) is 2.45. The molecule has 0 aromatic heterocycles. The van der Waals surface area contributed by atoms with E-state index in [-0.39, 0.29) is 6.03 Å². The summed E-state index contributed by atoms with van der Waals surface area (Å²) in [5, 5.41) is 0. The SMILES string of the molecule is CN(CC1CC1)C(=O)N(C)CC1CO1. The molecule has 2 fully saturated rings. The minimum Gasteiger partial charge on any atom is -0.371 e. The van der Waals surface area contributed by atoms with Crippen molar-refractivity contribution in [3.8, 4) is 0 Å². The molecule has 0 spiro atoms. The summed E-state index contributed by atoms with van der Waals surface area (Å²) in [7, 11) is 3.72. The Labute approximate surface area is 84.8 Å². The summed E-state index contributed by atoms with van der Waals surface area (Å²) in [6, 6.07) is 0.118. The van der Waals surface area contributed by atoms with Gasteiger partial charge in [-0.2, -0.15) is 0 Å². The maximum absolute atomic E-state index is 11.8. The Balaban J connectivity index is 1.72. The van der Waals surface area contributed by atoms with E-state index in [1.807, 2.05) is 19.0 Å². The molecule has 4 heteroatoms. The zero-order valence-corrected chi connectivity index (χ0v) is 8.90. The van der Waals surface area contributed by atoms with Gasteiger partial charge in [0.15, 0.2) is 0 Å². The first-order valence-electron chi connectivity index (χ1n) is 5.24. The van der Waals surface area contributed by atoms with E-state index >= 15 is 0 Å². The van der Waals surface area contributed by atoms with Crippen LogP contribution < -0.4 is 0 Å². The van der Waals surface area contributed by atoms with E-state index in [0.29, 0.717) is 6.10 Å². The fourth-order valence-electron chi connectivity index (χ4n) is 1.61. The van der Waals surface area contributed by atoms with Crippen molar-refractivity contribution in [2.24, 2.45) is 5.92 Å². The normalized spacial score (nSPS) is 24.6. The molecule has 4 nitrogen and oxygen atoms in total. The molecule has 0 aromatic rings. The first kappa shape index (κ1) is 9.77. The van der Waals surface area contributed by atoms with Gasteiger partial charge in [-0.05, 0) is 18.8 Å². The van der Waals surface area contributed by atoms with E-state index in [4.69, 9.17) is 4.74 Å². The van der Waals surface area contributed by atoms with Gasteiger partial charge in [-0.3, -0.25) is 0 Å². The van der Waals surface area contributed by atoms with Crippen LogP contribution in [-0.2, 0) is 4.74 Å². The Morgan fingerprint density at radius 1 is 1.29 bits per heavy atom. The molecule has 1 saturated heterocycles. The van der Waals surface area contributed by atoms with Gasteiger partial charge >= 0.3 is 6.03 Å². The van der Waals surface area contributed by atoms with E-state index in [1.54, 1.807) is 4.90 Å². The van der Waals surface area contributed by atoms with Crippen molar-refractivity contribution in [1.82, 2.24) is 9.80 Å². The maximum Gasteiger partial charge on any atom is 0.319 e. The van der Waals surface area contributed by atoms with E-state index in [2.05, 4.69) is 0 Å². The number of urea groups is 1. The lowest BCUT2D eigenvalue weighted by Gasteiger charge is -2.24. The topological polar surface area (TPSA) is 36.1 Å². The molecule has 2 aliphatic rings. The average molecular weight is 198 g/mol. The summed E-state index contributed by atoms with van der Waals surface area (Å²) in [5.74, 6) is 0.759. The monoisotopic (exact) mass is 198 g/mol. The van der Waals surface area contributed by atoms with E-state index in [0.717, 1.165) is 25.6 Å². The van der Waals surface area contributed by atoms with Crippen LogP contribution in [0.5, 0.6) is 0 Å². The number of ether oxygens (including phenoxy) is 1. The molecule has 1 saturated carbocycles. The highest BCUT2D eigenvalue weighted by Crippen LogP contribution is 2.29. The molecule has 2 rings (SSSR count). The Morgan fingerprint density at radius 3 is 2.36 bits per heavy atom. The number of carbonyl (C=O) groups is 1. The number of likely N-dealkylation sites (N-methyl/N-ethyl adjacent to an activating group) is 1. The van der Waals surface area contributed by atoms with Gasteiger partial charge in [0.05, 0.1) is 19.3 Å². The van der Waals surface area contributed by atoms with Gasteiger partial charge < -0.3 is 14.5 Å². The summed E-state index contributed by atoms with van der Waals surface area (Å²) < 4.78 is 5.09. The van der Waals surface area contributed by atoms with Crippen molar-refractivity contribution < 1.29 is 9.53 Å². The van der Waals surface area contributed by atoms with Gasteiger partial charge in [0.25, 0.3) is 0 Å². The Kier molecular flexibility index (Phi) is 2.63. The molecule has 0 bridgehead atoms. The van der Waals surface area contributed by atoms with Gasteiger partial charge in [-0.1, -0.05) is 0 Å². The predicted octanol–water partition coefficient (Wildman–Crippen LogP) is 0.779. The molecular formula is C10H18N2O2. The molecule has 1 aliphatic carbocycles. The third-order valence-electron chi connectivity index (χ3n) is 2.76. The molecule has 2 amide bonds. The maximum atomic E-state index is 11.8. The lowest BCUT2D eigenvalue weighted by atomic mass is 10.4. The summed E-state index contributed by atoms with van der Waals surface area (Å²) in [6.07, 6.45) is 2.86. The third-order valence-corrected chi connectivity index (χ3v) is 2.76. The van der Waals surface area contributed by atoms with Crippen LogP contribution in [-0.4, -0.2) is 55.7 Å². The van der Waals surface area contributed by atoms with Crippen LogP contribution >= 0.6 is 0 Å². The lowest BCUT2D eigenvalue weighted by Crippen LogP contribution is -2.41. The second kappa shape index (κ2) is 3.77. The van der Waals surface area contributed by atoms with Crippen molar-refractivity contribution >= 4 is 6.03 Å². The fraction of sp³-hybridized carbons (Fsp3) is 0.900. The first-order chi connectivity index (χ1) is 6.66. The zero-order chi connectivity index (χ0) is 10.1. The molecule has 1 heterocycles. The smallest absolute Gasteiger partial charge is 0.319 e. The van der Waals surface area contributed by atoms with Crippen molar-refractivity contribution in [3.05, 3.63) is 0 Å². The van der Waals surface area contributed by atoms with Crippen LogP contribution in [0.1, 0.15) is 12.8 Å². The number of hydrogen-bond acceptors (Lipinski definition) is 2. The van der Waals surface area contributed by atoms with Gasteiger partial charge in [-0.25, -0.2) is 4.79 Å². The van der Waals surface area contributed by atoms with Crippen LogP contribution in [0.25, 0.3) is 0 Å². The van der Waals surface area contributed by atoms with Gasteiger partial charge in [0.1, 0.15) is 0 Å². The van der Waals surface area contributed by atoms with Crippen LogP contribution in [0.15, 0.2) is 0 Å². The molecule has 14 heavy (non-hydrogen) atoms. The van der Waals surface area contributed by atoms with Crippen molar-refractivity contribution in [3.63, 3.8) is 0 Å². The largest absolute Gasteiger partial charge is 0.371 e. The van der Waals surface area contributed by atoms with Gasteiger partial charge in [0.2, 0.25) is 0 Å². The standard InChI is InChI=1S/C10H18N2O2/c1-11(5-8-3-4-8)10(13)12(2)6-9-7-14-9/h8-9H,3-7H2,1-2H3. The summed E-state index contributed by atoms with van der Waals surface area (Å²) in [4.78, 5) is 15.3. The number of hydrogen-bond donors (Lipinski definition) is 0. The molecule has 0 radical (unpaired) electrons. The first-order valence-corrected chi connectivity index (χ1v) is 5.24. The molecule has 1 aliphatic heterocycles. The Hall–Kier alpha value is -0.770. The fourth-order valence-corrected chi connectivity index (χ4v) is 1.61. The number of amides is 2. The lowest BCUT2D eigenvalue weighted by molar-refractivity contribution is 0.167. The molecule has 1 atom stereocenters. The second-order valence-electron chi connectivity index (χ2n) is 4.44. The predicted molar refractivity (Wildman–Crippen MR) is 53.1 cm³/mol. The van der Waals surface area contributed by atoms with Crippen LogP contribution in [0, 0.1) is 5.92 Å². The second-order valence-corrected chi connectivity index (χ2v) is 4.44. The van der Waals surface area contributed by atoms with E-state index in [1.165, 1.54) is 12.8 Å². The van der Waals surface area contributed by atoms with Crippen LogP contribution in [0.3, 0.4) is 0 Å². The molecule has 80 valence electrons. The highest BCUT2D eigenvalue weighted by atomic mass is 16.6. The Bertz CT molecular complexity index is 202. The number of rotatable bonds is 4. The number of carbonyl (C=O) groups excluding carboxylic acids is 1. The van der Waals surface area contributed by atoms with Gasteiger partial charge in [-0.15, -0.1) is 0 Å². The molecule has 0 N–H and O–H groups in total. The van der Waals surface area contributed by atoms with Crippen molar-refractivity contribution in [1.29, 1.82) is 0 Å². The quantitative estimate of drug-likeness (QED) is 0.626. The average Bonchev–Trinajstić information content (AvgIpc) is 2.97. The summed E-state index contributed by atoms with van der Waals surface area (Å²) >= 11 is 0. The third kappa shape index (κ3) is 2.61. The van der Waals surface area contributed by atoms with Crippen molar-refractivity contribution in [2.75, 3.05) is 33.8 Å². The van der Waals surface area contributed by atoms with Crippen LogP contribution in [0.4, 0.5) is 4.79 Å². The van der Waals surface area contributed by atoms with Crippen molar-refractivity contribution in [2.45, 2.75) is 18.9 Å². The molecular weight excluding hydrogens is 180 g/mol. The minimum atomic E-state index is 0.118. The highest BCUT2D eigenvalue weighted by molar-refractivity contribution is 5.73. The molecule has 1 unspecified atom stereocenters. The minimum absolute atomic E-state index is 0.118. The zero-order valence-electron chi connectivity index (χ0n) is 8.90. The van der Waals surface area contributed by atoms with Crippen LogP contribution in [0.2, 0.25) is 0 Å². The highest BCUT2D eigenvalue weighted by Gasteiger charge is 2.29. The van der Waals surface area contributed by atoms with E-state index < -0.39 is 0 Å². The van der Waals surface area contributed by atoms with Gasteiger partial charge in [0, 0.05) is 20.6 Å². The Morgan fingerprint density at radius 2 is 1.86 bits per heavy atom. The summed E-state index contributed by atoms with van der Waals surface area (Å²) in [5.41, 5.74) is 0. The van der Waals surface area contributed by atoms with E-state index in [9.17, 15) is 4.79 Å². The number of nitrogens with zero attached hydrogens (tertiary/aromatic N) is 2. The molecule has 0 aromatic carbocycles. The number of epoxide rings is 1.